The molecule has 0 aromatic rings. The fourth-order valence-electron chi connectivity index (χ4n) is 0.316. The minimum absolute atomic E-state index is 0. The molecule has 0 heterocycles. The first kappa shape index (κ1) is 24.0. The Morgan fingerprint density at radius 2 is 1.14 bits per heavy atom. The molecule has 0 fully saturated rings. The zero-order valence-corrected chi connectivity index (χ0v) is 13.0. The third-order valence-electron chi connectivity index (χ3n) is 1.10. The summed E-state index contributed by atoms with van der Waals surface area (Å²) in [7, 11) is 3.01. The number of carbonyl (C=O) groups is 2. The van der Waals surface area contributed by atoms with Crippen LogP contribution in [0.4, 0.5) is 0 Å². The predicted molar refractivity (Wildman–Crippen MR) is 49.2 cm³/mol. The van der Waals surface area contributed by atoms with E-state index in [0.717, 1.165) is 0 Å². The van der Waals surface area contributed by atoms with Gasteiger partial charge in [-0.3, -0.25) is 0 Å². The van der Waals surface area contributed by atoms with E-state index in [-0.39, 0.29) is 65.1 Å². The Labute approximate surface area is 125 Å². The fourth-order valence-corrected chi connectivity index (χ4v) is 0.316. The van der Waals surface area contributed by atoms with Gasteiger partial charge < -0.3 is 32.6 Å². The van der Waals surface area contributed by atoms with E-state index >= 15 is 0 Å². The van der Waals surface area contributed by atoms with E-state index in [1.165, 1.54) is 14.1 Å². The molecule has 2 amide bonds. The van der Waals surface area contributed by atoms with Crippen molar-refractivity contribution in [2.24, 2.45) is 0 Å². The van der Waals surface area contributed by atoms with Crippen LogP contribution >= 0.6 is 0 Å². The summed E-state index contributed by atoms with van der Waals surface area (Å²) in [5, 5.41) is 6.74. The molecule has 0 spiro atoms. The molecule has 0 unspecified atom stereocenters. The van der Waals surface area contributed by atoms with Gasteiger partial charge in [0.2, 0.25) is 0 Å². The molecule has 0 atom stereocenters. The molecule has 0 aromatic carbocycles. The molecule has 14 heavy (non-hydrogen) atoms. The van der Waals surface area contributed by atoms with Crippen LogP contribution in [0.15, 0.2) is 0 Å². The van der Waals surface area contributed by atoms with Crippen LogP contribution in [0, 0.1) is 40.8 Å². The molecular weight excluding hydrogens is 336 g/mol. The molecule has 0 bridgehead atoms. The summed E-state index contributed by atoms with van der Waals surface area (Å²) in [4.78, 5) is 20.0. The van der Waals surface area contributed by atoms with E-state index in [4.69, 9.17) is 0 Å². The first-order chi connectivity index (χ1) is 5.62. The van der Waals surface area contributed by atoms with Crippen molar-refractivity contribution in [2.45, 2.75) is 26.7 Å². The molecule has 1 radical (unpaired) electrons. The van der Waals surface area contributed by atoms with Crippen LogP contribution in [0.25, 0.3) is 10.6 Å². The summed E-state index contributed by atoms with van der Waals surface area (Å²) < 4.78 is 0. The van der Waals surface area contributed by atoms with Crippen LogP contribution in [-0.2, 0) is 9.59 Å². The molecule has 0 aromatic heterocycles. The maximum absolute atomic E-state index is 10.0. The van der Waals surface area contributed by atoms with Gasteiger partial charge in [-0.05, 0) is 12.8 Å². The molecule has 0 aliphatic heterocycles. The zero-order chi connectivity index (χ0) is 9.98. The molecule has 0 saturated heterocycles. The fraction of sp³-hybridized carbons (Fsp3) is 0.750. The topological polar surface area (TPSA) is 62.3 Å². The smallest absolute Gasteiger partial charge is 1.00 e. The van der Waals surface area contributed by atoms with Crippen LogP contribution in [0.2, 0.25) is 0 Å². The Hall–Kier alpha value is 0.581. The van der Waals surface area contributed by atoms with Gasteiger partial charge in [0.05, 0.1) is 11.8 Å². The van der Waals surface area contributed by atoms with Crippen molar-refractivity contribution in [2.75, 3.05) is 14.1 Å². The quantitative estimate of drug-likeness (QED) is 0.631. The summed E-state index contributed by atoms with van der Waals surface area (Å²) in [5.74, 6) is -0.0648. The largest absolute Gasteiger partial charge is 3.00 e. The van der Waals surface area contributed by atoms with Crippen molar-refractivity contribution in [3.8, 4) is 0 Å². The van der Waals surface area contributed by atoms with Gasteiger partial charge in [-0.15, -0.1) is 14.1 Å². The van der Waals surface area contributed by atoms with E-state index in [1.807, 2.05) is 0 Å². The Kier molecular flexibility index (Phi) is 32.9. The third-order valence-corrected chi connectivity index (χ3v) is 1.10. The molecule has 4 nitrogen and oxygen atoms in total. The van der Waals surface area contributed by atoms with Gasteiger partial charge in [0.1, 0.15) is 0 Å². The average molecular weight is 352 g/mol. The predicted octanol–water partition coefficient (Wildman–Crippen LogP) is -1.14. The van der Waals surface area contributed by atoms with Crippen LogP contribution in [0.1, 0.15) is 26.7 Å². The maximum atomic E-state index is 10.0. The third kappa shape index (κ3) is 22.9. The molecule has 0 aliphatic rings. The van der Waals surface area contributed by atoms with E-state index in [2.05, 4.69) is 10.6 Å². The molecule has 0 aliphatic carbocycles. The van der Waals surface area contributed by atoms with Crippen molar-refractivity contribution in [3.63, 3.8) is 0 Å². The second kappa shape index (κ2) is 19.2. The van der Waals surface area contributed by atoms with Gasteiger partial charge >= 0.3 is 40.8 Å². The van der Waals surface area contributed by atoms with Gasteiger partial charge in [0, 0.05) is 0 Å². The number of hydrogen-bond acceptors (Lipinski definition) is 2. The van der Waals surface area contributed by atoms with Crippen molar-refractivity contribution in [1.82, 2.24) is 0 Å². The van der Waals surface area contributed by atoms with Crippen LogP contribution in [-0.4, -0.2) is 25.9 Å². The molecule has 81 valence electrons. The Morgan fingerprint density at radius 3 is 1.14 bits per heavy atom. The standard InChI is InChI=1S/2C4H9NO.ClH.Nd/c2*1-3-4(6)5-2;;/h2*3H2,1-2H3,(H,5,6);1H;/q;;;+3/p-3. The second-order valence-electron chi connectivity index (χ2n) is 1.94. The minimum atomic E-state index is -0.0324. The van der Waals surface area contributed by atoms with Crippen molar-refractivity contribution in [1.29, 1.82) is 0 Å². The Morgan fingerprint density at radius 1 is 0.929 bits per heavy atom. The number of rotatable bonds is 2. The Balaban J connectivity index is -0.0000000625. The van der Waals surface area contributed by atoms with Crippen molar-refractivity contribution in [3.05, 3.63) is 10.6 Å². The molecule has 0 saturated carbocycles. The first-order valence-corrected chi connectivity index (χ1v) is 3.87. The van der Waals surface area contributed by atoms with Crippen molar-refractivity contribution < 1.29 is 62.8 Å². The van der Waals surface area contributed by atoms with E-state index < -0.39 is 0 Å². The van der Waals surface area contributed by atoms with Gasteiger partial charge in [0.25, 0.3) is 0 Å². The van der Waals surface area contributed by atoms with Gasteiger partial charge in [-0.1, -0.05) is 13.8 Å². The molecule has 6 heteroatoms. The molecule has 0 rings (SSSR count). The first-order valence-electron chi connectivity index (χ1n) is 3.87. The normalized spacial score (nSPS) is 6.57. The second-order valence-corrected chi connectivity index (χ2v) is 1.94. The van der Waals surface area contributed by atoms with Gasteiger partial charge in [-0.25, -0.2) is 0 Å². The summed E-state index contributed by atoms with van der Waals surface area (Å²) >= 11 is 0. The van der Waals surface area contributed by atoms with Crippen LogP contribution < -0.4 is 12.4 Å². The minimum Gasteiger partial charge on any atom is -1.00 e. The van der Waals surface area contributed by atoms with Crippen molar-refractivity contribution >= 4 is 11.8 Å². The summed E-state index contributed by atoms with van der Waals surface area (Å²) in [5.41, 5.74) is 0. The monoisotopic (exact) mass is 349 g/mol. The van der Waals surface area contributed by atoms with Gasteiger partial charge in [-0.2, -0.15) is 0 Å². The van der Waals surface area contributed by atoms with Crippen LogP contribution in [0.5, 0.6) is 0 Å². The number of halogens is 1. The number of carbonyl (C=O) groups excluding carboxylic acids is 2. The summed E-state index contributed by atoms with van der Waals surface area (Å²) in [6.45, 7) is 3.57. The Bertz CT molecular complexity index is 117. The van der Waals surface area contributed by atoms with Crippen LogP contribution in [0.3, 0.4) is 0 Å². The summed E-state index contributed by atoms with van der Waals surface area (Å²) in [6, 6.07) is 0. The average Bonchev–Trinajstić information content (AvgIpc) is 2.16. The number of nitrogens with zero attached hydrogens (tertiary/aromatic N) is 2. The zero-order valence-electron chi connectivity index (χ0n) is 9.00. The van der Waals surface area contributed by atoms with E-state index in [0.29, 0.717) is 12.8 Å². The molecule has 0 N–H and O–H groups in total. The number of hydrogen-bond donors (Lipinski definition) is 0. The van der Waals surface area contributed by atoms with Gasteiger partial charge in [0.15, 0.2) is 0 Å². The van der Waals surface area contributed by atoms with E-state index in [9.17, 15) is 9.59 Å². The number of amides is 2. The maximum Gasteiger partial charge on any atom is 3.00 e. The van der Waals surface area contributed by atoms with E-state index in [1.54, 1.807) is 13.8 Å². The summed E-state index contributed by atoms with van der Waals surface area (Å²) in [6.07, 6.45) is 1.05. The molecular formula is C8H16ClN2NdO2. The SMILES string of the molecule is CCC(=O)[N-]C.CCC(=O)[N-]C.[Cl-].[Nd+3].